The average molecular weight is 338 g/mol. The second-order valence-corrected chi connectivity index (χ2v) is 8.58. The molecule has 5 heteroatoms. The highest BCUT2D eigenvalue weighted by Gasteiger charge is 2.78. The van der Waals surface area contributed by atoms with Crippen molar-refractivity contribution in [3.63, 3.8) is 0 Å². The van der Waals surface area contributed by atoms with E-state index in [1.807, 2.05) is 13.8 Å². The van der Waals surface area contributed by atoms with Crippen molar-refractivity contribution >= 4 is 5.97 Å². The monoisotopic (exact) mass is 338 g/mol. The van der Waals surface area contributed by atoms with Crippen LogP contribution >= 0.6 is 0 Å². The number of hydrogen-bond donors (Lipinski definition) is 1. The van der Waals surface area contributed by atoms with Crippen LogP contribution in [0.15, 0.2) is 12.2 Å². The highest BCUT2D eigenvalue weighted by Crippen LogP contribution is 2.72. The zero-order chi connectivity index (χ0) is 18.1. The summed E-state index contributed by atoms with van der Waals surface area (Å²) in [6.07, 6.45) is 0.412. The van der Waals surface area contributed by atoms with Crippen molar-refractivity contribution in [3.8, 4) is 0 Å². The fraction of sp³-hybridized carbons (Fsp3) is 0.842. The molecule has 24 heavy (non-hydrogen) atoms. The lowest BCUT2D eigenvalue weighted by atomic mass is 9.70. The van der Waals surface area contributed by atoms with E-state index in [1.165, 1.54) is 6.92 Å². The molecular formula is C19H30O5. The lowest BCUT2D eigenvalue weighted by molar-refractivity contribution is -0.270. The molecule has 3 aliphatic rings. The second kappa shape index (κ2) is 5.29. The maximum absolute atomic E-state index is 12.5. The van der Waals surface area contributed by atoms with Gasteiger partial charge in [0.2, 0.25) is 5.79 Å². The molecule has 2 saturated carbocycles. The Morgan fingerprint density at radius 2 is 1.79 bits per heavy atom. The van der Waals surface area contributed by atoms with Crippen LogP contribution in [0.3, 0.4) is 0 Å². The number of fused-ring (bicyclic) bond motifs is 3. The number of esters is 1. The molecule has 0 aromatic carbocycles. The third-order valence-electron chi connectivity index (χ3n) is 7.12. The first-order valence-corrected chi connectivity index (χ1v) is 8.91. The van der Waals surface area contributed by atoms with Crippen molar-refractivity contribution in [1.29, 1.82) is 0 Å². The third kappa shape index (κ3) is 2.07. The molecule has 2 bridgehead atoms. The van der Waals surface area contributed by atoms with Crippen LogP contribution in [0.4, 0.5) is 0 Å². The molecule has 0 radical (unpaired) electrons. The molecule has 0 amide bonds. The zero-order valence-electron chi connectivity index (χ0n) is 15.6. The quantitative estimate of drug-likeness (QED) is 0.633. The molecule has 1 aliphatic heterocycles. The van der Waals surface area contributed by atoms with Gasteiger partial charge < -0.3 is 19.3 Å². The number of ether oxygens (including phenoxy) is 3. The van der Waals surface area contributed by atoms with E-state index in [0.29, 0.717) is 0 Å². The van der Waals surface area contributed by atoms with Gasteiger partial charge in [-0.3, -0.25) is 0 Å². The van der Waals surface area contributed by atoms with Crippen LogP contribution in [-0.4, -0.2) is 41.3 Å². The highest BCUT2D eigenvalue weighted by molar-refractivity contribution is 5.89. The zero-order valence-corrected chi connectivity index (χ0v) is 15.6. The van der Waals surface area contributed by atoms with Gasteiger partial charge in [-0.2, -0.15) is 0 Å². The van der Waals surface area contributed by atoms with Crippen LogP contribution in [0.25, 0.3) is 0 Å². The molecule has 1 N–H and O–H groups in total. The van der Waals surface area contributed by atoms with Gasteiger partial charge in [0.1, 0.15) is 0 Å². The Bertz CT molecular complexity index is 556. The molecule has 3 rings (SSSR count). The molecule has 0 aromatic heterocycles. The number of aliphatic hydroxyl groups is 1. The van der Waals surface area contributed by atoms with Crippen molar-refractivity contribution in [2.75, 3.05) is 0 Å². The second-order valence-electron chi connectivity index (χ2n) is 8.58. The van der Waals surface area contributed by atoms with Crippen LogP contribution in [0.1, 0.15) is 54.4 Å². The molecule has 2 unspecified atom stereocenters. The van der Waals surface area contributed by atoms with Crippen LogP contribution in [0, 0.1) is 16.7 Å². The molecule has 1 heterocycles. The van der Waals surface area contributed by atoms with Crippen LogP contribution in [0.5, 0.6) is 0 Å². The van der Waals surface area contributed by atoms with Gasteiger partial charge in [0.25, 0.3) is 0 Å². The van der Waals surface area contributed by atoms with Gasteiger partial charge in [0.05, 0.1) is 23.9 Å². The molecule has 1 saturated heterocycles. The van der Waals surface area contributed by atoms with Gasteiger partial charge in [-0.1, -0.05) is 27.4 Å². The summed E-state index contributed by atoms with van der Waals surface area (Å²) in [5.74, 6) is -1.30. The van der Waals surface area contributed by atoms with Gasteiger partial charge in [-0.05, 0) is 39.0 Å². The fourth-order valence-corrected chi connectivity index (χ4v) is 4.98. The maximum Gasteiger partial charge on any atom is 0.336 e. The third-order valence-corrected chi connectivity index (χ3v) is 7.12. The van der Waals surface area contributed by atoms with Crippen molar-refractivity contribution < 1.29 is 24.1 Å². The van der Waals surface area contributed by atoms with Gasteiger partial charge in [0, 0.05) is 11.3 Å². The van der Waals surface area contributed by atoms with Crippen molar-refractivity contribution in [2.45, 2.75) is 84.6 Å². The Kier molecular flexibility index (Phi) is 3.95. The Morgan fingerprint density at radius 1 is 1.25 bits per heavy atom. The molecule has 1 spiro atoms. The normalized spacial score (nSPS) is 47.1. The molecule has 3 fully saturated rings. The summed E-state index contributed by atoms with van der Waals surface area (Å²) in [4.78, 5) is 12.5. The largest absolute Gasteiger partial charge is 0.453 e. The Balaban J connectivity index is 1.98. The minimum Gasteiger partial charge on any atom is -0.453 e. The van der Waals surface area contributed by atoms with Crippen molar-refractivity contribution in [3.05, 3.63) is 12.2 Å². The van der Waals surface area contributed by atoms with Crippen LogP contribution in [-0.2, 0) is 19.0 Å². The first-order chi connectivity index (χ1) is 11.0. The molecule has 7 atom stereocenters. The summed E-state index contributed by atoms with van der Waals surface area (Å²) in [6.45, 7) is 15.7. The summed E-state index contributed by atoms with van der Waals surface area (Å²) in [7, 11) is 0. The summed E-state index contributed by atoms with van der Waals surface area (Å²) >= 11 is 0. The summed E-state index contributed by atoms with van der Waals surface area (Å²) in [6, 6.07) is 0. The van der Waals surface area contributed by atoms with E-state index in [9.17, 15) is 9.90 Å². The summed E-state index contributed by atoms with van der Waals surface area (Å²) in [5, 5.41) is 9.64. The van der Waals surface area contributed by atoms with Crippen LogP contribution < -0.4 is 0 Å². The summed E-state index contributed by atoms with van der Waals surface area (Å²) < 4.78 is 18.5. The van der Waals surface area contributed by atoms with E-state index in [1.54, 1.807) is 0 Å². The van der Waals surface area contributed by atoms with E-state index in [2.05, 4.69) is 27.4 Å². The number of hydrogen-bond acceptors (Lipinski definition) is 5. The highest BCUT2D eigenvalue weighted by atomic mass is 16.8. The predicted molar refractivity (Wildman–Crippen MR) is 89.1 cm³/mol. The fourth-order valence-electron chi connectivity index (χ4n) is 4.98. The van der Waals surface area contributed by atoms with Gasteiger partial charge in [-0.25, -0.2) is 4.79 Å². The van der Waals surface area contributed by atoms with E-state index in [4.69, 9.17) is 14.2 Å². The summed E-state index contributed by atoms with van der Waals surface area (Å²) in [5.41, 5.74) is -0.252. The van der Waals surface area contributed by atoms with Crippen LogP contribution in [0.2, 0.25) is 0 Å². The molecular weight excluding hydrogens is 308 g/mol. The average Bonchev–Trinajstić information content (AvgIpc) is 2.94. The standard InChI is InChI=1S/C19H30O5/c1-10(11(2)20)15(21)22-16-18(7)9-8-14(17(18,5)6)19(16)23-12(3)13(4)24-19/h11-14,16,20H,1,8-9H2,2-7H3/t11?,12-,13+,14-,16-,18-,19?/m0/s1. The topological polar surface area (TPSA) is 65.0 Å². The smallest absolute Gasteiger partial charge is 0.336 e. The Morgan fingerprint density at radius 3 is 2.29 bits per heavy atom. The number of aliphatic hydroxyl groups excluding tert-OH is 1. The minimum atomic E-state index is -0.934. The lowest BCUT2D eigenvalue weighted by Gasteiger charge is -2.42. The van der Waals surface area contributed by atoms with E-state index >= 15 is 0 Å². The molecule has 2 aliphatic carbocycles. The number of carbonyl (C=O) groups is 1. The minimum absolute atomic E-state index is 0.0510. The van der Waals surface area contributed by atoms with Gasteiger partial charge in [-0.15, -0.1) is 0 Å². The molecule has 5 nitrogen and oxygen atoms in total. The first-order valence-electron chi connectivity index (χ1n) is 8.91. The SMILES string of the molecule is C=C(C(=O)O[C@@H]1C2(O[C@@H](C)[C@@H](C)O2)[C@H]2CC[C@]1(C)C2(C)C)C(C)O. The van der Waals surface area contributed by atoms with E-state index in [-0.39, 0.29) is 34.5 Å². The Labute approximate surface area is 144 Å². The number of rotatable bonds is 3. The van der Waals surface area contributed by atoms with Gasteiger partial charge >= 0.3 is 5.97 Å². The molecule has 136 valence electrons. The number of carbonyl (C=O) groups excluding carboxylic acids is 1. The van der Waals surface area contributed by atoms with Crippen molar-refractivity contribution in [2.24, 2.45) is 16.7 Å². The predicted octanol–water partition coefficient (Wildman–Crippen LogP) is 2.81. The van der Waals surface area contributed by atoms with Gasteiger partial charge in [0.15, 0.2) is 6.10 Å². The van der Waals surface area contributed by atoms with E-state index < -0.39 is 24.0 Å². The molecule has 0 aromatic rings. The lowest BCUT2D eigenvalue weighted by Crippen LogP contribution is -2.54. The van der Waals surface area contributed by atoms with E-state index in [0.717, 1.165) is 12.8 Å². The van der Waals surface area contributed by atoms with Crippen molar-refractivity contribution in [1.82, 2.24) is 0 Å². The maximum atomic E-state index is 12.5. The first kappa shape index (κ1) is 17.9. The Hall–Kier alpha value is -0.910.